The zero-order valence-electron chi connectivity index (χ0n) is 7.22. The zero-order chi connectivity index (χ0) is 9.07. The topological polar surface area (TPSA) is 58.9 Å². The molecule has 0 aromatic rings. The van der Waals surface area contributed by atoms with Crippen molar-refractivity contribution in [1.29, 1.82) is 0 Å². The quantitative estimate of drug-likeness (QED) is 0.349. The third-order valence-electron chi connectivity index (χ3n) is 1.42. The van der Waals surface area contributed by atoms with Crippen molar-refractivity contribution >= 4 is 12.2 Å². The molecule has 0 bridgehead atoms. The first-order valence-corrected chi connectivity index (χ1v) is 3.99. The summed E-state index contributed by atoms with van der Waals surface area (Å²) in [7, 11) is 0. The van der Waals surface area contributed by atoms with Gasteiger partial charge in [-0.1, -0.05) is 12.8 Å². The van der Waals surface area contributed by atoms with Crippen LogP contribution in [0.2, 0.25) is 0 Å². The minimum absolute atomic E-state index is 0. The molecule has 0 aromatic carbocycles. The molecule has 0 aliphatic rings. The van der Waals surface area contributed by atoms with Crippen LogP contribution in [0.15, 0.2) is 9.98 Å². The van der Waals surface area contributed by atoms with Gasteiger partial charge in [0, 0.05) is 0 Å². The Morgan fingerprint density at radius 1 is 0.769 bits per heavy atom. The van der Waals surface area contributed by atoms with E-state index in [2.05, 4.69) is 9.98 Å². The number of aliphatic imine (C=N–C) groups is 2. The Morgan fingerprint density at radius 2 is 1.15 bits per heavy atom. The first kappa shape index (κ1) is 13.4. The first-order valence-electron chi connectivity index (χ1n) is 3.99. The van der Waals surface area contributed by atoms with E-state index in [0.29, 0.717) is 13.1 Å². The van der Waals surface area contributed by atoms with E-state index in [0.717, 1.165) is 25.7 Å². The first-order chi connectivity index (χ1) is 5.91. The maximum atomic E-state index is 9.63. The third kappa shape index (κ3) is 12.9. The zero-order valence-corrected chi connectivity index (χ0v) is 9.45. The second kappa shape index (κ2) is 12.4. The van der Waals surface area contributed by atoms with E-state index in [1.807, 2.05) is 0 Å². The number of nitrogens with zero attached hydrogens (tertiary/aromatic N) is 2. The van der Waals surface area contributed by atoms with Crippen molar-refractivity contribution in [2.75, 3.05) is 13.1 Å². The van der Waals surface area contributed by atoms with Crippen LogP contribution in [0, 0.1) is 0 Å². The molecule has 0 unspecified atom stereocenters. The fraction of sp³-hybridized carbons (Fsp3) is 0.750. The number of rotatable bonds is 7. The molecule has 13 heavy (non-hydrogen) atoms. The van der Waals surface area contributed by atoms with Crippen molar-refractivity contribution in [2.24, 2.45) is 9.98 Å². The van der Waals surface area contributed by atoms with Crippen LogP contribution in [0.5, 0.6) is 0 Å². The molecule has 0 saturated carbocycles. The monoisotopic (exact) mass is 427 g/mol. The van der Waals surface area contributed by atoms with Crippen LogP contribution in [0.1, 0.15) is 25.7 Å². The Labute approximate surface area is 71.4 Å². The second-order valence-corrected chi connectivity index (χ2v) is 2.36. The summed E-state index contributed by atoms with van der Waals surface area (Å²) in [6, 6.07) is 0. The Kier molecular flexibility index (Phi) is 12.8. The SMILES string of the molecule is O=C=NCCCCCCN=C=O.[No]. The van der Waals surface area contributed by atoms with Gasteiger partial charge in [-0.2, -0.15) is 0 Å². The van der Waals surface area contributed by atoms with Crippen LogP contribution in [0.4, 0.5) is 0 Å². The van der Waals surface area contributed by atoms with Crippen molar-refractivity contribution in [3.63, 3.8) is 0 Å². The van der Waals surface area contributed by atoms with Gasteiger partial charge in [0.25, 0.3) is 0 Å². The number of carbonyl (C=O) groups excluding carboxylic acids is 2. The van der Waals surface area contributed by atoms with Gasteiger partial charge in [0.15, 0.2) is 0 Å². The predicted molar refractivity (Wildman–Crippen MR) is 44.4 cm³/mol. The standard InChI is InChI=1S/C8H12N2O2.No/c11-7-9-5-3-1-2-4-6-10-8-12;/h1-6H2;. The average Bonchev–Trinajstić information content (AvgIpc) is 2.10. The van der Waals surface area contributed by atoms with Crippen molar-refractivity contribution in [3.8, 4) is 0 Å². The van der Waals surface area contributed by atoms with Gasteiger partial charge in [-0.15, -0.1) is 0 Å². The summed E-state index contributed by atoms with van der Waals surface area (Å²) in [5.41, 5.74) is 0. The molecule has 0 aliphatic carbocycles. The number of hydrogen-bond acceptors (Lipinski definition) is 4. The van der Waals surface area contributed by atoms with E-state index in [-0.39, 0.29) is 0 Å². The Bertz CT molecular complexity index is 174. The van der Waals surface area contributed by atoms with Gasteiger partial charge in [0.1, 0.15) is 0 Å². The normalized spacial score (nSPS) is 7.69. The molecular weight excluding hydrogens is 415 g/mol. The molecule has 5 heteroatoms. The summed E-state index contributed by atoms with van der Waals surface area (Å²) >= 11 is 0. The van der Waals surface area contributed by atoms with Crippen LogP contribution in [0.3, 0.4) is 0 Å². The van der Waals surface area contributed by atoms with E-state index in [4.69, 9.17) is 0 Å². The summed E-state index contributed by atoms with van der Waals surface area (Å²) in [4.78, 5) is 26.1. The Balaban J connectivity index is 0. The van der Waals surface area contributed by atoms with Gasteiger partial charge < -0.3 is 0 Å². The predicted octanol–water partition coefficient (Wildman–Crippen LogP) is 1.22. The average molecular weight is 427 g/mol. The molecule has 0 radical (unpaired) electrons. The molecule has 0 rings (SSSR count). The fourth-order valence-electron chi connectivity index (χ4n) is 0.827. The Hall–Kier alpha value is -2.24. The third-order valence-corrected chi connectivity index (χ3v) is 1.42. The largest absolute Gasteiger partial charge is 0.234 e. The Morgan fingerprint density at radius 3 is 1.46 bits per heavy atom. The molecule has 0 heterocycles. The summed E-state index contributed by atoms with van der Waals surface area (Å²) in [6.07, 6.45) is 6.80. The van der Waals surface area contributed by atoms with Crippen LogP contribution in [0.25, 0.3) is 0 Å². The molecule has 0 aromatic heterocycles. The van der Waals surface area contributed by atoms with Gasteiger partial charge in [0.2, 0.25) is 12.2 Å². The van der Waals surface area contributed by atoms with Gasteiger partial charge >= 0.3 is 0 Å². The summed E-state index contributed by atoms with van der Waals surface area (Å²) < 4.78 is 0. The van der Waals surface area contributed by atoms with Crippen molar-refractivity contribution < 1.29 is 9.59 Å². The van der Waals surface area contributed by atoms with E-state index < -0.39 is 0 Å². The van der Waals surface area contributed by atoms with E-state index in [9.17, 15) is 9.59 Å². The van der Waals surface area contributed by atoms with Crippen molar-refractivity contribution in [3.05, 3.63) is 0 Å². The molecule has 0 atom stereocenters. The molecule has 0 spiro atoms. The molecule has 0 saturated heterocycles. The summed E-state index contributed by atoms with van der Waals surface area (Å²) in [6.45, 7) is 1.11. The van der Waals surface area contributed by atoms with Crippen LogP contribution >= 0.6 is 0 Å². The molecule has 0 amide bonds. The summed E-state index contributed by atoms with van der Waals surface area (Å²) in [5.74, 6) is 0. The van der Waals surface area contributed by atoms with Crippen LogP contribution < -0.4 is 0 Å². The smallest absolute Gasteiger partial charge is 0.211 e. The van der Waals surface area contributed by atoms with Crippen LogP contribution in [-0.4, -0.2) is 25.2 Å². The summed E-state index contributed by atoms with van der Waals surface area (Å²) in [5, 5.41) is 0. The number of hydrogen-bond donors (Lipinski definition) is 0. The molecule has 0 fully saturated rings. The minimum atomic E-state index is 0. The minimum Gasteiger partial charge on any atom is -0.211 e. The van der Waals surface area contributed by atoms with Crippen LogP contribution in [-0.2, 0) is 9.59 Å². The molecule has 4 nitrogen and oxygen atoms in total. The maximum absolute atomic E-state index is 9.63. The van der Waals surface area contributed by atoms with E-state index >= 15 is 0 Å². The fourth-order valence-corrected chi connectivity index (χ4v) is 0.827. The number of isocyanates is 2. The molecule has 0 N–H and O–H groups in total. The van der Waals surface area contributed by atoms with Gasteiger partial charge in [-0.25, -0.2) is 19.6 Å². The second-order valence-electron chi connectivity index (χ2n) is 2.36. The number of unbranched alkanes of at least 4 members (excludes halogenated alkanes) is 3. The van der Waals surface area contributed by atoms with Gasteiger partial charge in [0.05, 0.1) is 13.1 Å². The molecule has 80 valence electrons. The van der Waals surface area contributed by atoms with Crippen molar-refractivity contribution in [2.45, 2.75) is 25.7 Å². The van der Waals surface area contributed by atoms with E-state index in [1.54, 1.807) is 0 Å². The molecule has 0 aliphatic heterocycles. The van der Waals surface area contributed by atoms with Gasteiger partial charge in [-0.3, -0.25) is 0 Å². The maximum Gasteiger partial charge on any atom is 0.234 e. The molecular formula is C8H12N2NoO2. The van der Waals surface area contributed by atoms with E-state index in [1.165, 1.54) is 12.2 Å². The van der Waals surface area contributed by atoms with Gasteiger partial charge in [-0.05, 0) is 12.8 Å². The van der Waals surface area contributed by atoms with Crippen molar-refractivity contribution in [1.82, 2.24) is 0 Å².